The highest BCUT2D eigenvalue weighted by Gasteiger charge is 2.64. The largest absolute Gasteiger partial charge is 0.460 e. The molecule has 190 valence electrons. The Bertz CT molecular complexity index is 986. The molecular weight excluding hydrogens is 473 g/mol. The Morgan fingerprint density at radius 2 is 1.57 bits per heavy atom. The number of cyclic esters (lactones) is 2. The number of esters is 3. The predicted octanol–water partition coefficient (Wildman–Crippen LogP) is 3.34. The van der Waals surface area contributed by atoms with Crippen LogP contribution in [-0.2, 0) is 43.7 Å². The van der Waals surface area contributed by atoms with E-state index in [4.69, 9.17) is 18.9 Å². The molecule has 0 saturated carbocycles. The number of ether oxygens (including phenoxy) is 4. The van der Waals surface area contributed by atoms with E-state index in [1.54, 1.807) is 0 Å². The maximum absolute atomic E-state index is 14.1. The van der Waals surface area contributed by atoms with Crippen molar-refractivity contribution in [2.24, 2.45) is 0 Å². The molecule has 11 heteroatoms. The van der Waals surface area contributed by atoms with Gasteiger partial charge in [0.2, 0.25) is 0 Å². The maximum Gasteiger partial charge on any atom is 0.432 e. The van der Waals surface area contributed by atoms with Crippen molar-refractivity contribution in [2.75, 3.05) is 7.11 Å². The molecule has 35 heavy (non-hydrogen) atoms. The van der Waals surface area contributed by atoms with Gasteiger partial charge in [-0.3, -0.25) is 4.79 Å². The molecule has 0 amide bonds. The van der Waals surface area contributed by atoms with Crippen molar-refractivity contribution in [3.8, 4) is 0 Å². The van der Waals surface area contributed by atoms with E-state index in [0.717, 1.165) is 43.5 Å². The first-order valence-electron chi connectivity index (χ1n) is 10.6. The number of rotatable bonds is 4. The summed E-state index contributed by atoms with van der Waals surface area (Å²) >= 11 is 0. The van der Waals surface area contributed by atoms with E-state index in [0.29, 0.717) is 0 Å². The van der Waals surface area contributed by atoms with Gasteiger partial charge in [0.1, 0.15) is 6.10 Å². The lowest BCUT2D eigenvalue weighted by molar-refractivity contribution is -0.277. The van der Waals surface area contributed by atoms with E-state index in [-0.39, 0.29) is 12.8 Å². The molecule has 0 aromatic heterocycles. The van der Waals surface area contributed by atoms with Gasteiger partial charge >= 0.3 is 24.1 Å². The predicted molar refractivity (Wildman–Crippen MR) is 115 cm³/mol. The van der Waals surface area contributed by atoms with Crippen LogP contribution in [0.3, 0.4) is 0 Å². The van der Waals surface area contributed by atoms with Crippen LogP contribution >= 0.6 is 0 Å². The SMILES string of the molecule is CO[C@@](C(=O)O[C@@H]1/C=C/C(=O)O[C@@H](C)C(=O)/C=C/C(=O)O[C@@H](C)CC1)(c1ccccc1)C(F)(F)F. The molecule has 1 heterocycles. The van der Waals surface area contributed by atoms with Gasteiger partial charge in [-0.15, -0.1) is 0 Å². The van der Waals surface area contributed by atoms with Crippen LogP contribution in [0.5, 0.6) is 0 Å². The molecule has 4 atom stereocenters. The molecule has 0 saturated heterocycles. The molecule has 0 aliphatic carbocycles. The quantitative estimate of drug-likeness (QED) is 0.460. The Morgan fingerprint density at radius 1 is 0.943 bits per heavy atom. The Labute approximate surface area is 199 Å². The second-order valence-corrected chi connectivity index (χ2v) is 7.69. The highest BCUT2D eigenvalue weighted by atomic mass is 19.4. The number of carbonyl (C=O) groups excluding carboxylic acids is 4. The minimum absolute atomic E-state index is 0.0542. The van der Waals surface area contributed by atoms with Gasteiger partial charge in [0.15, 0.2) is 11.9 Å². The zero-order valence-corrected chi connectivity index (χ0v) is 19.2. The van der Waals surface area contributed by atoms with Crippen LogP contribution < -0.4 is 0 Å². The van der Waals surface area contributed by atoms with E-state index in [9.17, 15) is 32.3 Å². The van der Waals surface area contributed by atoms with E-state index in [1.807, 2.05) is 0 Å². The monoisotopic (exact) mass is 498 g/mol. The van der Waals surface area contributed by atoms with Gasteiger partial charge in [0.25, 0.3) is 5.60 Å². The number of hydrogen-bond acceptors (Lipinski definition) is 8. The Morgan fingerprint density at radius 3 is 2.17 bits per heavy atom. The zero-order valence-electron chi connectivity index (χ0n) is 19.2. The van der Waals surface area contributed by atoms with Crippen LogP contribution in [0.2, 0.25) is 0 Å². The number of alkyl halides is 3. The summed E-state index contributed by atoms with van der Waals surface area (Å²) in [6.45, 7) is 2.78. The fraction of sp³-hybridized carbons (Fsp3) is 0.417. The number of hydrogen-bond donors (Lipinski definition) is 0. The van der Waals surface area contributed by atoms with Gasteiger partial charge in [0, 0.05) is 24.8 Å². The molecule has 1 aliphatic heterocycles. The summed E-state index contributed by atoms with van der Waals surface area (Å²) in [5, 5.41) is 0. The minimum atomic E-state index is -5.19. The first-order valence-corrected chi connectivity index (χ1v) is 10.6. The van der Waals surface area contributed by atoms with Gasteiger partial charge in [-0.05, 0) is 38.8 Å². The second-order valence-electron chi connectivity index (χ2n) is 7.69. The highest BCUT2D eigenvalue weighted by Crippen LogP contribution is 2.43. The molecule has 0 bridgehead atoms. The normalized spacial score (nSPS) is 25.9. The number of halogens is 3. The summed E-state index contributed by atoms with van der Waals surface area (Å²) in [6, 6.07) is 6.25. The van der Waals surface area contributed by atoms with E-state index in [1.165, 1.54) is 32.0 Å². The van der Waals surface area contributed by atoms with Crippen molar-refractivity contribution in [3.63, 3.8) is 0 Å². The Kier molecular flexibility index (Phi) is 9.35. The molecule has 1 aromatic carbocycles. The lowest BCUT2D eigenvalue weighted by Gasteiger charge is -2.33. The smallest absolute Gasteiger partial charge is 0.432 e. The molecule has 0 unspecified atom stereocenters. The summed E-state index contributed by atoms with van der Waals surface area (Å²) in [6.07, 6.45) is -4.90. The van der Waals surface area contributed by atoms with Crippen molar-refractivity contribution < 1.29 is 51.3 Å². The fourth-order valence-electron chi connectivity index (χ4n) is 3.24. The number of ketones is 1. The summed E-state index contributed by atoms with van der Waals surface area (Å²) in [5.74, 6) is -4.27. The standard InChI is InChI=1S/C24H25F3O8/c1-15-9-10-18(11-13-21(30)34-16(2)19(28)12-14-20(29)33-15)35-22(31)23(32-3,24(25,26)27)17-7-5-4-6-8-17/h4-8,11-16,18H,9-10H2,1-3H3/b13-11+,14-12+/t15-,16-,18-,23+/m0/s1. The summed E-state index contributed by atoms with van der Waals surface area (Å²) in [5.41, 5.74) is -3.92. The lowest BCUT2D eigenvalue weighted by atomic mass is 9.92. The number of methoxy groups -OCH3 is 1. The summed E-state index contributed by atoms with van der Waals surface area (Å²) < 4.78 is 62.3. The van der Waals surface area contributed by atoms with E-state index >= 15 is 0 Å². The average Bonchev–Trinajstić information content (AvgIpc) is 2.79. The van der Waals surface area contributed by atoms with Crippen LogP contribution in [0.25, 0.3) is 0 Å². The van der Waals surface area contributed by atoms with Crippen molar-refractivity contribution in [2.45, 2.75) is 56.8 Å². The molecule has 0 fully saturated rings. The minimum Gasteiger partial charge on any atom is -0.460 e. The maximum atomic E-state index is 14.1. The summed E-state index contributed by atoms with van der Waals surface area (Å²) in [4.78, 5) is 48.8. The fourth-order valence-corrected chi connectivity index (χ4v) is 3.24. The Hall–Kier alpha value is -3.47. The van der Waals surface area contributed by atoms with Gasteiger partial charge < -0.3 is 18.9 Å². The zero-order chi connectivity index (χ0) is 26.2. The van der Waals surface area contributed by atoms with Gasteiger partial charge in [-0.2, -0.15) is 13.2 Å². The van der Waals surface area contributed by atoms with E-state index < -0.39 is 59.3 Å². The van der Waals surface area contributed by atoms with E-state index in [2.05, 4.69) is 0 Å². The second kappa shape index (κ2) is 11.8. The third-order valence-corrected chi connectivity index (χ3v) is 5.13. The molecule has 1 aliphatic rings. The summed E-state index contributed by atoms with van der Waals surface area (Å²) in [7, 11) is 0.732. The van der Waals surface area contributed by atoms with Crippen LogP contribution in [0.4, 0.5) is 13.2 Å². The number of benzene rings is 1. The van der Waals surface area contributed by atoms with Crippen LogP contribution in [0, 0.1) is 0 Å². The third kappa shape index (κ3) is 7.01. The molecule has 2 rings (SSSR count). The highest BCUT2D eigenvalue weighted by molar-refractivity contribution is 5.99. The molecule has 0 spiro atoms. The van der Waals surface area contributed by atoms with Crippen LogP contribution in [0.15, 0.2) is 54.6 Å². The van der Waals surface area contributed by atoms with Crippen molar-refractivity contribution >= 4 is 23.7 Å². The number of carbonyl (C=O) groups is 4. The lowest BCUT2D eigenvalue weighted by Crippen LogP contribution is -2.52. The Balaban J connectivity index is 2.37. The molecule has 1 aromatic rings. The van der Waals surface area contributed by atoms with Crippen LogP contribution in [0.1, 0.15) is 32.3 Å². The van der Waals surface area contributed by atoms with Gasteiger partial charge in [-0.25, -0.2) is 14.4 Å². The third-order valence-electron chi connectivity index (χ3n) is 5.13. The van der Waals surface area contributed by atoms with Crippen LogP contribution in [-0.4, -0.2) is 55.3 Å². The first kappa shape index (κ1) is 27.8. The van der Waals surface area contributed by atoms with Gasteiger partial charge in [0.05, 0.1) is 6.10 Å². The topological polar surface area (TPSA) is 105 Å². The molecule has 0 radical (unpaired) electrons. The van der Waals surface area contributed by atoms with Crippen molar-refractivity contribution in [1.29, 1.82) is 0 Å². The average molecular weight is 498 g/mol. The molecular formula is C24H25F3O8. The van der Waals surface area contributed by atoms with Crippen molar-refractivity contribution in [1.82, 2.24) is 0 Å². The van der Waals surface area contributed by atoms with Crippen molar-refractivity contribution in [3.05, 3.63) is 60.2 Å². The first-order chi connectivity index (χ1) is 16.4. The molecule has 8 nitrogen and oxygen atoms in total. The van der Waals surface area contributed by atoms with Gasteiger partial charge in [-0.1, -0.05) is 30.3 Å². The molecule has 0 N–H and O–H groups in total.